The van der Waals surface area contributed by atoms with Crippen LogP contribution in [0.25, 0.3) is 0 Å². The van der Waals surface area contributed by atoms with E-state index in [9.17, 15) is 43.2 Å². The van der Waals surface area contributed by atoms with E-state index in [-0.39, 0.29) is 63.4 Å². The molecule has 2 aliphatic rings. The van der Waals surface area contributed by atoms with Gasteiger partial charge in [-0.05, 0) is 71.0 Å². The predicted octanol–water partition coefficient (Wildman–Crippen LogP) is -1.14. The molecular weight excluding hydrogens is 770 g/mol. The largest absolute Gasteiger partial charge is 0.466 e. The number of rotatable bonds is 24. The minimum absolute atomic E-state index is 0.0240. The van der Waals surface area contributed by atoms with E-state index in [2.05, 4.69) is 36.8 Å². The number of nitrogens with one attached hydrogen (secondary N) is 6. The Morgan fingerprint density at radius 2 is 1.22 bits per heavy atom. The fourth-order valence-corrected chi connectivity index (χ4v) is 7.10. The van der Waals surface area contributed by atoms with Crippen LogP contribution in [0.3, 0.4) is 0 Å². The van der Waals surface area contributed by atoms with Crippen LogP contribution < -0.4 is 31.9 Å². The van der Waals surface area contributed by atoms with Crippen LogP contribution in [0.15, 0.2) is 0 Å². The highest BCUT2D eigenvalue weighted by Gasteiger charge is 2.43. The van der Waals surface area contributed by atoms with Gasteiger partial charge in [0.15, 0.2) is 6.29 Å². The third-order valence-electron chi connectivity index (χ3n) is 10.1. The first-order valence-electron chi connectivity index (χ1n) is 20.7. The summed E-state index contributed by atoms with van der Waals surface area (Å²) in [6, 6.07) is -5.44. The summed E-state index contributed by atoms with van der Waals surface area (Å²) in [5.74, 6) is -5.29. The first kappa shape index (κ1) is 50.3. The first-order valence-corrected chi connectivity index (χ1v) is 20.7. The number of carbonyl (C=O) groups is 9. The number of likely N-dealkylation sites (tertiary alicyclic amines) is 2. The molecule has 0 aromatic rings. The molecule has 0 bridgehead atoms. The minimum atomic E-state index is -1.43. The van der Waals surface area contributed by atoms with Crippen LogP contribution in [-0.4, -0.2) is 157 Å². The molecule has 2 aliphatic heterocycles. The lowest BCUT2D eigenvalue weighted by atomic mass is 10.0. The normalized spacial score (nSPS) is 17.9. The summed E-state index contributed by atoms with van der Waals surface area (Å²) in [4.78, 5) is 122. The molecule has 2 fully saturated rings. The van der Waals surface area contributed by atoms with E-state index in [0.717, 1.165) is 13.1 Å². The highest BCUT2D eigenvalue weighted by Crippen LogP contribution is 2.23. The molecule has 20 heteroatoms. The van der Waals surface area contributed by atoms with Gasteiger partial charge in [0, 0.05) is 40.4 Å². The minimum Gasteiger partial charge on any atom is -0.466 e. The van der Waals surface area contributed by atoms with Gasteiger partial charge in [-0.1, -0.05) is 27.7 Å². The van der Waals surface area contributed by atoms with Crippen molar-refractivity contribution >= 4 is 53.3 Å². The molecule has 6 N–H and O–H groups in total. The second kappa shape index (κ2) is 25.6. The Morgan fingerprint density at radius 1 is 0.695 bits per heavy atom. The third kappa shape index (κ3) is 16.7. The number of likely N-dealkylation sites (N-methyl/N-ethyl adjacent to an activating group) is 1. The number of carbonyl (C=O) groups excluding carboxylic acids is 9. The molecule has 2 saturated heterocycles. The van der Waals surface area contributed by atoms with Gasteiger partial charge >= 0.3 is 11.9 Å². The van der Waals surface area contributed by atoms with Gasteiger partial charge in [-0.15, -0.1) is 0 Å². The lowest BCUT2D eigenvalue weighted by molar-refractivity contribution is -0.151. The monoisotopic (exact) mass is 837 g/mol. The van der Waals surface area contributed by atoms with Crippen LogP contribution in [0.4, 0.5) is 0 Å². The Bertz CT molecular complexity index is 1460. The summed E-state index contributed by atoms with van der Waals surface area (Å²) in [5, 5.41) is 16.2. The average Bonchev–Trinajstić information content (AvgIpc) is 3.86. The Morgan fingerprint density at radius 3 is 1.71 bits per heavy atom. The highest BCUT2D eigenvalue weighted by atomic mass is 16.5. The topological polar surface area (TPSA) is 254 Å². The summed E-state index contributed by atoms with van der Waals surface area (Å²) in [6.45, 7) is 15.7. The predicted molar refractivity (Wildman–Crippen MR) is 214 cm³/mol. The average molecular weight is 838 g/mol. The summed E-state index contributed by atoms with van der Waals surface area (Å²) in [7, 11) is 0. The van der Waals surface area contributed by atoms with Crippen LogP contribution >= 0.6 is 0 Å². The maximum absolute atomic E-state index is 14.2. The quantitative estimate of drug-likeness (QED) is 0.0383. The zero-order chi connectivity index (χ0) is 44.2. The van der Waals surface area contributed by atoms with Crippen molar-refractivity contribution in [3.8, 4) is 0 Å². The zero-order valence-electron chi connectivity index (χ0n) is 36.0. The van der Waals surface area contributed by atoms with Crippen LogP contribution in [0.1, 0.15) is 100 Å². The lowest BCUT2D eigenvalue weighted by Gasteiger charge is -2.32. The van der Waals surface area contributed by atoms with E-state index in [1.807, 2.05) is 13.8 Å². The molecule has 5 unspecified atom stereocenters. The van der Waals surface area contributed by atoms with Crippen molar-refractivity contribution in [2.75, 3.05) is 52.5 Å². The second-order valence-corrected chi connectivity index (χ2v) is 15.1. The molecule has 20 nitrogen and oxygen atoms in total. The van der Waals surface area contributed by atoms with Crippen molar-refractivity contribution in [2.45, 2.75) is 137 Å². The maximum Gasteiger partial charge on any atom is 0.328 e. The molecule has 0 radical (unpaired) electrons. The van der Waals surface area contributed by atoms with Gasteiger partial charge in [0.05, 0.1) is 13.0 Å². The SMILES string of the molecule is CCOC(=O)CC(NC(=O)C1CCCN1C(=O)C(NC(C)=O)C(C)C)C(=O)N1CCCC1C(=O)NC(CCCNC(NC(C)=O)NC(C)=O)C(=O)OCCN(CC)CC. The number of hydrogen-bond donors (Lipinski definition) is 6. The third-order valence-corrected chi connectivity index (χ3v) is 10.1. The smallest absolute Gasteiger partial charge is 0.328 e. The van der Waals surface area contributed by atoms with E-state index in [1.54, 1.807) is 20.8 Å². The molecule has 0 aliphatic carbocycles. The second-order valence-electron chi connectivity index (χ2n) is 15.1. The van der Waals surface area contributed by atoms with Gasteiger partial charge in [-0.3, -0.25) is 43.7 Å². The van der Waals surface area contributed by atoms with Crippen molar-refractivity contribution in [3.05, 3.63) is 0 Å². The van der Waals surface area contributed by atoms with E-state index in [4.69, 9.17) is 9.47 Å². The number of hydrogen-bond acceptors (Lipinski definition) is 13. The van der Waals surface area contributed by atoms with Crippen molar-refractivity contribution < 1.29 is 52.6 Å². The molecule has 5 atom stereocenters. The lowest BCUT2D eigenvalue weighted by Crippen LogP contribution is -2.59. The fraction of sp³-hybridized carbons (Fsp3) is 0.769. The summed E-state index contributed by atoms with van der Waals surface area (Å²) in [6.07, 6.45) is 0.466. The summed E-state index contributed by atoms with van der Waals surface area (Å²) in [5.41, 5.74) is 0. The van der Waals surface area contributed by atoms with Crippen molar-refractivity contribution in [1.29, 1.82) is 0 Å². The van der Waals surface area contributed by atoms with Gasteiger partial charge in [-0.25, -0.2) is 4.79 Å². The van der Waals surface area contributed by atoms with E-state index >= 15 is 0 Å². The molecule has 59 heavy (non-hydrogen) atoms. The Balaban J connectivity index is 2.27. The zero-order valence-corrected chi connectivity index (χ0v) is 36.0. The van der Waals surface area contributed by atoms with Gasteiger partial charge < -0.3 is 50.8 Å². The Labute approximate surface area is 347 Å². The molecule has 334 valence electrons. The van der Waals surface area contributed by atoms with E-state index < -0.39 is 84.4 Å². The molecule has 0 aromatic heterocycles. The molecule has 0 aromatic carbocycles. The molecule has 7 amide bonds. The number of esters is 2. The van der Waals surface area contributed by atoms with Gasteiger partial charge in [0.2, 0.25) is 41.4 Å². The van der Waals surface area contributed by atoms with Crippen molar-refractivity contribution in [1.82, 2.24) is 46.6 Å². The fourth-order valence-electron chi connectivity index (χ4n) is 7.10. The van der Waals surface area contributed by atoms with Crippen molar-refractivity contribution in [3.63, 3.8) is 0 Å². The molecule has 0 spiro atoms. The summed E-state index contributed by atoms with van der Waals surface area (Å²) < 4.78 is 10.7. The number of ether oxygens (including phenoxy) is 2. The van der Waals surface area contributed by atoms with Crippen LogP contribution in [0, 0.1) is 5.92 Å². The van der Waals surface area contributed by atoms with E-state index in [0.29, 0.717) is 32.2 Å². The molecule has 2 rings (SSSR count). The van der Waals surface area contributed by atoms with Gasteiger partial charge in [0.1, 0.15) is 36.8 Å². The summed E-state index contributed by atoms with van der Waals surface area (Å²) >= 11 is 0. The molecular formula is C39H67N9O11. The highest BCUT2D eigenvalue weighted by molar-refractivity contribution is 5.98. The first-order chi connectivity index (χ1) is 27.9. The maximum atomic E-state index is 14.2. The van der Waals surface area contributed by atoms with Crippen molar-refractivity contribution in [2.24, 2.45) is 5.92 Å². The van der Waals surface area contributed by atoms with Crippen LogP contribution in [-0.2, 0) is 52.6 Å². The van der Waals surface area contributed by atoms with Crippen LogP contribution in [0.2, 0.25) is 0 Å². The van der Waals surface area contributed by atoms with Gasteiger partial charge in [-0.2, -0.15) is 0 Å². The van der Waals surface area contributed by atoms with Gasteiger partial charge in [0.25, 0.3) is 0 Å². The van der Waals surface area contributed by atoms with E-state index in [1.165, 1.54) is 30.6 Å². The Hall–Kier alpha value is -4.85. The standard InChI is InChI=1S/C39H67N9O11/c1-9-46(10-2)21-22-59-38(57)28(15-12-18-40-39(42-26(7)50)43-27(8)51)44-34(53)30-16-13-19-47(30)36(55)29(23-32(52)58-11-3)45-35(54)31-17-14-20-48(31)37(56)33(24(4)5)41-25(6)49/h24,28-31,33,39-40H,9-23H2,1-8H3,(H,41,49)(H,42,50)(H,43,51)(H,44,53)(H,45,54). The Kier molecular flexibility index (Phi) is 21.8. The number of nitrogens with zero attached hydrogens (tertiary/aromatic N) is 3. The molecule has 2 heterocycles. The van der Waals surface area contributed by atoms with Crippen LogP contribution in [0.5, 0.6) is 0 Å². The molecule has 0 saturated carbocycles. The number of amides is 7.